The zero-order valence-electron chi connectivity index (χ0n) is 11.7. The highest BCUT2D eigenvalue weighted by atomic mass is 35.5. The fourth-order valence-electron chi connectivity index (χ4n) is 1.28. The predicted octanol–water partition coefficient (Wildman–Crippen LogP) is 1.34. The lowest BCUT2D eigenvalue weighted by atomic mass is 10.2. The summed E-state index contributed by atoms with van der Waals surface area (Å²) in [5, 5.41) is 5.01. The van der Waals surface area contributed by atoms with E-state index in [0.717, 1.165) is 0 Å². The van der Waals surface area contributed by atoms with Gasteiger partial charge in [0.15, 0.2) is 0 Å². The van der Waals surface area contributed by atoms with E-state index in [9.17, 15) is 9.59 Å². The summed E-state index contributed by atoms with van der Waals surface area (Å²) in [7, 11) is 0. The highest BCUT2D eigenvalue weighted by Crippen LogP contribution is 2.09. The molecule has 0 aliphatic rings. The van der Waals surface area contributed by atoms with Crippen LogP contribution in [0.2, 0.25) is 0 Å². The van der Waals surface area contributed by atoms with Crippen LogP contribution in [0.15, 0.2) is 5.38 Å². The third-order valence-corrected chi connectivity index (χ3v) is 3.15. The Morgan fingerprint density at radius 1 is 1.45 bits per heavy atom. The monoisotopic (exact) mass is 321 g/mol. The number of hydrogen-bond donors (Lipinski definition) is 2. The number of esters is 1. The minimum absolute atomic E-state index is 0. The van der Waals surface area contributed by atoms with E-state index in [-0.39, 0.29) is 42.9 Å². The van der Waals surface area contributed by atoms with Crippen molar-refractivity contribution in [2.75, 3.05) is 6.54 Å². The van der Waals surface area contributed by atoms with Gasteiger partial charge in [-0.1, -0.05) is 6.92 Å². The van der Waals surface area contributed by atoms with Gasteiger partial charge in [0.1, 0.15) is 10.7 Å². The molecule has 1 amide bonds. The van der Waals surface area contributed by atoms with Crippen LogP contribution in [0.4, 0.5) is 0 Å². The first-order chi connectivity index (χ1) is 8.93. The van der Waals surface area contributed by atoms with Crippen molar-refractivity contribution in [2.24, 2.45) is 11.7 Å². The van der Waals surface area contributed by atoms with E-state index in [4.69, 9.17) is 10.5 Å². The third-order valence-electron chi connectivity index (χ3n) is 2.28. The molecule has 0 radical (unpaired) electrons. The molecule has 20 heavy (non-hydrogen) atoms. The molecule has 1 unspecified atom stereocenters. The molecule has 1 aromatic rings. The average molecular weight is 322 g/mol. The smallest absolute Gasteiger partial charge is 0.310 e. The molecule has 8 heteroatoms. The second-order valence-corrected chi connectivity index (χ2v) is 5.37. The first-order valence-electron chi connectivity index (χ1n) is 6.07. The van der Waals surface area contributed by atoms with Gasteiger partial charge in [0, 0.05) is 18.5 Å². The maximum Gasteiger partial charge on any atom is 0.310 e. The maximum absolute atomic E-state index is 11.8. The second-order valence-electron chi connectivity index (χ2n) is 4.43. The highest BCUT2D eigenvalue weighted by Gasteiger charge is 2.18. The van der Waals surface area contributed by atoms with Gasteiger partial charge in [0.2, 0.25) is 0 Å². The number of ether oxygens (including phenoxy) is 1. The molecule has 6 nitrogen and oxygen atoms in total. The fraction of sp³-hybridized carbons (Fsp3) is 0.583. The molecule has 0 aromatic carbocycles. The van der Waals surface area contributed by atoms with Crippen molar-refractivity contribution in [2.45, 2.75) is 33.4 Å². The number of carbonyl (C=O) groups is 2. The summed E-state index contributed by atoms with van der Waals surface area (Å²) in [6.45, 7) is 5.81. The summed E-state index contributed by atoms with van der Waals surface area (Å²) in [6.07, 6.45) is -0.156. The molecule has 0 aliphatic heterocycles. The van der Waals surface area contributed by atoms with Crippen LogP contribution in [0.3, 0.4) is 0 Å². The van der Waals surface area contributed by atoms with Gasteiger partial charge in [0.25, 0.3) is 5.91 Å². The van der Waals surface area contributed by atoms with Gasteiger partial charge in [-0.2, -0.15) is 0 Å². The Balaban J connectivity index is 0.00000361. The van der Waals surface area contributed by atoms with E-state index in [2.05, 4.69) is 10.3 Å². The molecule has 1 rings (SSSR count). The second kappa shape index (κ2) is 8.89. The van der Waals surface area contributed by atoms with E-state index in [1.165, 1.54) is 11.3 Å². The lowest BCUT2D eigenvalue weighted by Gasteiger charge is -2.14. The molecule has 1 atom stereocenters. The summed E-state index contributed by atoms with van der Waals surface area (Å²) in [5.74, 6) is -1.02. The molecule has 1 aromatic heterocycles. The van der Waals surface area contributed by atoms with Gasteiger partial charge in [-0.15, -0.1) is 23.7 Å². The molecule has 0 fully saturated rings. The van der Waals surface area contributed by atoms with Crippen molar-refractivity contribution in [3.8, 4) is 0 Å². The van der Waals surface area contributed by atoms with Crippen LogP contribution in [-0.4, -0.2) is 29.5 Å². The van der Waals surface area contributed by atoms with Gasteiger partial charge < -0.3 is 15.8 Å². The molecule has 1 heterocycles. The number of nitrogens with one attached hydrogen (secondary N) is 1. The number of carbonyl (C=O) groups excluding carboxylic acids is 2. The summed E-state index contributed by atoms with van der Waals surface area (Å²) in [5.41, 5.74) is 5.76. The molecule has 3 N–H and O–H groups in total. The van der Waals surface area contributed by atoms with Crippen LogP contribution >= 0.6 is 23.7 Å². The Morgan fingerprint density at radius 2 is 2.10 bits per heavy atom. The summed E-state index contributed by atoms with van der Waals surface area (Å²) in [6, 6.07) is 0. The van der Waals surface area contributed by atoms with Gasteiger partial charge in [-0.3, -0.25) is 9.59 Å². The summed E-state index contributed by atoms with van der Waals surface area (Å²) >= 11 is 1.34. The van der Waals surface area contributed by atoms with E-state index < -0.39 is 0 Å². The first-order valence-corrected chi connectivity index (χ1v) is 6.95. The predicted molar refractivity (Wildman–Crippen MR) is 80.0 cm³/mol. The van der Waals surface area contributed by atoms with Crippen molar-refractivity contribution < 1.29 is 14.3 Å². The maximum atomic E-state index is 11.8. The zero-order valence-corrected chi connectivity index (χ0v) is 13.3. The Morgan fingerprint density at radius 3 is 2.60 bits per heavy atom. The lowest BCUT2D eigenvalue weighted by Crippen LogP contribution is -2.33. The van der Waals surface area contributed by atoms with E-state index in [0.29, 0.717) is 17.2 Å². The molecule has 114 valence electrons. The van der Waals surface area contributed by atoms with Gasteiger partial charge in [0.05, 0.1) is 12.0 Å². The normalized spacial score (nSPS) is 11.7. The Hall–Kier alpha value is -1.18. The van der Waals surface area contributed by atoms with Gasteiger partial charge >= 0.3 is 5.97 Å². The third kappa shape index (κ3) is 5.85. The zero-order chi connectivity index (χ0) is 14.4. The standard InChI is InChI=1S/C12H19N3O3S.ClH/c1-7(2)18-12(17)8(3)5-14-11(16)9-6-19-10(4-13)15-9;/h6-8H,4-5,13H2,1-3H3,(H,14,16);1H. The van der Waals surface area contributed by atoms with Gasteiger partial charge in [-0.05, 0) is 13.8 Å². The molecular formula is C12H20ClN3O3S. The number of aromatic nitrogens is 1. The largest absolute Gasteiger partial charge is 0.463 e. The SMILES string of the molecule is CC(C)OC(=O)C(C)CNC(=O)c1csc(CN)n1.Cl. The number of halogens is 1. The summed E-state index contributed by atoms with van der Waals surface area (Å²) < 4.78 is 5.05. The lowest BCUT2D eigenvalue weighted by molar-refractivity contribution is -0.151. The van der Waals surface area contributed by atoms with E-state index in [1.807, 2.05) is 0 Å². The molecule has 0 saturated carbocycles. The molecule has 0 saturated heterocycles. The number of nitrogens with zero attached hydrogens (tertiary/aromatic N) is 1. The summed E-state index contributed by atoms with van der Waals surface area (Å²) in [4.78, 5) is 27.4. The van der Waals surface area contributed by atoms with Crippen LogP contribution in [-0.2, 0) is 16.1 Å². The van der Waals surface area contributed by atoms with E-state index >= 15 is 0 Å². The fourth-order valence-corrected chi connectivity index (χ4v) is 1.93. The van der Waals surface area contributed by atoms with Crippen LogP contribution < -0.4 is 11.1 Å². The van der Waals surface area contributed by atoms with Crippen LogP contribution in [0.25, 0.3) is 0 Å². The number of nitrogens with two attached hydrogens (primary N) is 1. The van der Waals surface area contributed by atoms with Crippen molar-refractivity contribution in [3.05, 3.63) is 16.1 Å². The first kappa shape index (κ1) is 18.8. The Bertz CT molecular complexity index is 451. The minimum Gasteiger partial charge on any atom is -0.463 e. The van der Waals surface area contributed by atoms with Crippen LogP contribution in [0, 0.1) is 5.92 Å². The van der Waals surface area contributed by atoms with Crippen LogP contribution in [0.1, 0.15) is 36.3 Å². The van der Waals surface area contributed by atoms with Crippen molar-refractivity contribution in [1.29, 1.82) is 0 Å². The number of amides is 1. The van der Waals surface area contributed by atoms with Crippen molar-refractivity contribution in [1.82, 2.24) is 10.3 Å². The minimum atomic E-state index is -0.390. The van der Waals surface area contributed by atoms with Crippen molar-refractivity contribution in [3.63, 3.8) is 0 Å². The topological polar surface area (TPSA) is 94.3 Å². The number of hydrogen-bond acceptors (Lipinski definition) is 6. The average Bonchev–Trinajstić information content (AvgIpc) is 2.83. The number of thiazole rings is 1. The molecule has 0 bridgehead atoms. The molecular weight excluding hydrogens is 302 g/mol. The number of rotatable bonds is 6. The van der Waals surface area contributed by atoms with Gasteiger partial charge in [-0.25, -0.2) is 4.98 Å². The Labute approximate surface area is 128 Å². The van der Waals surface area contributed by atoms with Crippen molar-refractivity contribution >= 4 is 35.6 Å². The quantitative estimate of drug-likeness (QED) is 0.771. The Kier molecular flexibility index (Phi) is 8.36. The molecule has 0 spiro atoms. The molecule has 0 aliphatic carbocycles. The highest BCUT2D eigenvalue weighted by molar-refractivity contribution is 7.09. The van der Waals surface area contributed by atoms with E-state index in [1.54, 1.807) is 26.2 Å². The van der Waals surface area contributed by atoms with Crippen LogP contribution in [0.5, 0.6) is 0 Å².